The number of H-pyrrole nitrogens is 1. The lowest BCUT2D eigenvalue weighted by atomic mass is 9.85. The Morgan fingerprint density at radius 2 is 1.86 bits per heavy atom. The topological polar surface area (TPSA) is 136 Å². The summed E-state index contributed by atoms with van der Waals surface area (Å²) in [6, 6.07) is 13.0. The maximum atomic E-state index is 14.2. The fourth-order valence-corrected chi connectivity index (χ4v) is 6.55. The maximum Gasteiger partial charge on any atom is 0.399 e. The summed E-state index contributed by atoms with van der Waals surface area (Å²) in [6.07, 6.45) is 1.55. The van der Waals surface area contributed by atoms with Crippen LogP contribution in [0, 0.1) is 5.41 Å². The van der Waals surface area contributed by atoms with Crippen LogP contribution in [0.4, 0.5) is 8.78 Å². The van der Waals surface area contributed by atoms with Gasteiger partial charge in [-0.05, 0) is 36.5 Å². The number of thiazole rings is 1. The Labute approximate surface area is 245 Å². The average molecular weight is 617 g/mol. The molecule has 5 rings (SSSR count). The SMILES string of the molecule is CC(C)(C)C(NC(=O)c1cc2cc(C(F)(F)P(=O)(O)O)ccc2[nH]1)C(=O)N1CCC[C@H]1c1nc(-c2ccccc2)cs1. The molecule has 0 aliphatic carbocycles. The molecule has 2 atom stereocenters. The minimum absolute atomic E-state index is 0.0223. The second-order valence-corrected chi connectivity index (χ2v) is 14.0. The van der Waals surface area contributed by atoms with Gasteiger partial charge in [0.1, 0.15) is 16.7 Å². The predicted octanol–water partition coefficient (Wildman–Crippen LogP) is 6.03. The number of halogens is 2. The van der Waals surface area contributed by atoms with Gasteiger partial charge in [0.15, 0.2) is 0 Å². The Bertz CT molecular complexity index is 1680. The number of aromatic nitrogens is 2. The highest BCUT2D eigenvalue weighted by Gasteiger charge is 2.50. The smallest absolute Gasteiger partial charge is 0.351 e. The van der Waals surface area contributed by atoms with Gasteiger partial charge in [-0.3, -0.25) is 14.2 Å². The van der Waals surface area contributed by atoms with Crippen molar-refractivity contribution in [3.63, 3.8) is 0 Å². The van der Waals surface area contributed by atoms with Crippen LogP contribution in [-0.2, 0) is 15.0 Å². The van der Waals surface area contributed by atoms with Crippen molar-refractivity contribution in [2.45, 2.75) is 51.4 Å². The van der Waals surface area contributed by atoms with Crippen LogP contribution in [0.3, 0.4) is 0 Å². The van der Waals surface area contributed by atoms with E-state index in [2.05, 4.69) is 10.3 Å². The zero-order valence-electron chi connectivity index (χ0n) is 23.2. The van der Waals surface area contributed by atoms with E-state index in [9.17, 15) is 22.9 Å². The van der Waals surface area contributed by atoms with Crippen molar-refractivity contribution in [1.29, 1.82) is 0 Å². The molecule has 0 spiro atoms. The number of carbonyl (C=O) groups excluding carboxylic acids is 2. The molecule has 0 bridgehead atoms. The largest absolute Gasteiger partial charge is 0.399 e. The number of fused-ring (bicyclic) bond motifs is 1. The first-order valence-corrected chi connectivity index (χ1v) is 15.8. The Kier molecular flexibility index (Phi) is 7.86. The standard InChI is InChI=1S/C29H31F2N4O5PS/c1-28(2,3)24(27(37)35-13-7-10-23(35)26-33-22(16-42-26)17-8-5-4-6-9-17)34-25(36)21-15-18-14-19(11-12-20(18)32-21)29(30,31)41(38,39)40/h4-6,8-9,11-12,14-16,23-24,32H,7,10,13H2,1-3H3,(H,34,36)(H2,38,39,40)/t23-,24?/m0/s1. The van der Waals surface area contributed by atoms with E-state index in [1.54, 1.807) is 4.90 Å². The number of amides is 2. The van der Waals surface area contributed by atoms with Gasteiger partial charge < -0.3 is 25.0 Å². The monoisotopic (exact) mass is 616 g/mol. The van der Waals surface area contributed by atoms with Crippen LogP contribution in [0.25, 0.3) is 22.2 Å². The Hall–Kier alpha value is -3.44. The van der Waals surface area contributed by atoms with Gasteiger partial charge in [0.2, 0.25) is 5.91 Å². The Morgan fingerprint density at radius 3 is 2.52 bits per heavy atom. The van der Waals surface area contributed by atoms with Crippen molar-refractivity contribution in [1.82, 2.24) is 20.2 Å². The van der Waals surface area contributed by atoms with E-state index >= 15 is 0 Å². The molecule has 0 radical (unpaired) electrons. The lowest BCUT2D eigenvalue weighted by Gasteiger charge is -2.35. The van der Waals surface area contributed by atoms with E-state index < -0.39 is 36.2 Å². The molecule has 1 aliphatic rings. The van der Waals surface area contributed by atoms with Gasteiger partial charge in [0, 0.05) is 34.0 Å². The van der Waals surface area contributed by atoms with Gasteiger partial charge >= 0.3 is 13.3 Å². The summed E-state index contributed by atoms with van der Waals surface area (Å²) in [5, 5.41) is 5.81. The van der Waals surface area contributed by atoms with E-state index in [0.29, 0.717) is 12.1 Å². The van der Waals surface area contributed by atoms with Crippen LogP contribution in [0.5, 0.6) is 0 Å². The number of nitrogens with zero attached hydrogens (tertiary/aromatic N) is 2. The number of benzene rings is 2. The van der Waals surface area contributed by atoms with Crippen LogP contribution in [0.1, 0.15) is 60.7 Å². The maximum absolute atomic E-state index is 14.2. The third-order valence-electron chi connectivity index (χ3n) is 7.38. The summed E-state index contributed by atoms with van der Waals surface area (Å²) in [5.74, 6) is -0.853. The first kappa shape index (κ1) is 30.0. The average Bonchev–Trinajstić information content (AvgIpc) is 3.69. The second-order valence-electron chi connectivity index (χ2n) is 11.5. The number of hydrogen-bond donors (Lipinski definition) is 4. The minimum Gasteiger partial charge on any atom is -0.351 e. The molecular formula is C29H31F2N4O5PS. The zero-order valence-corrected chi connectivity index (χ0v) is 24.9. The second kappa shape index (κ2) is 11.0. The quantitative estimate of drug-likeness (QED) is 0.187. The molecule has 1 fully saturated rings. The molecule has 1 aliphatic heterocycles. The fraction of sp³-hybridized carbons (Fsp3) is 0.345. The van der Waals surface area contributed by atoms with Crippen LogP contribution >= 0.6 is 18.9 Å². The number of likely N-dealkylation sites (tertiary alicyclic amines) is 1. The van der Waals surface area contributed by atoms with Crippen LogP contribution in [0.2, 0.25) is 0 Å². The molecule has 3 heterocycles. The molecule has 9 nitrogen and oxygen atoms in total. The van der Waals surface area contributed by atoms with E-state index in [4.69, 9.17) is 14.8 Å². The molecule has 42 heavy (non-hydrogen) atoms. The van der Waals surface area contributed by atoms with Gasteiger partial charge in [-0.15, -0.1) is 11.3 Å². The zero-order chi connectivity index (χ0) is 30.4. The summed E-state index contributed by atoms with van der Waals surface area (Å²) in [4.78, 5) is 54.9. The van der Waals surface area contributed by atoms with E-state index in [0.717, 1.165) is 41.2 Å². The number of alkyl halides is 2. The number of rotatable bonds is 7. The van der Waals surface area contributed by atoms with E-state index in [-0.39, 0.29) is 23.0 Å². The number of nitrogens with one attached hydrogen (secondary N) is 2. The molecule has 4 aromatic rings. The Balaban J connectivity index is 1.37. The molecule has 1 unspecified atom stereocenters. The molecule has 4 N–H and O–H groups in total. The van der Waals surface area contributed by atoms with Crippen molar-refractivity contribution in [2.24, 2.45) is 5.41 Å². The van der Waals surface area contributed by atoms with Crippen molar-refractivity contribution in [3.05, 3.63) is 76.2 Å². The molecule has 2 amide bonds. The molecule has 1 saturated heterocycles. The number of hydrogen-bond acceptors (Lipinski definition) is 5. The van der Waals surface area contributed by atoms with Gasteiger partial charge in [-0.25, -0.2) is 4.98 Å². The van der Waals surface area contributed by atoms with Crippen molar-refractivity contribution >= 4 is 41.6 Å². The van der Waals surface area contributed by atoms with E-state index in [1.165, 1.54) is 23.5 Å². The minimum atomic E-state index is -5.75. The first-order valence-electron chi connectivity index (χ1n) is 13.4. The first-order chi connectivity index (χ1) is 19.7. The predicted molar refractivity (Wildman–Crippen MR) is 156 cm³/mol. The van der Waals surface area contributed by atoms with Gasteiger partial charge in [0.05, 0.1) is 11.7 Å². The van der Waals surface area contributed by atoms with Crippen molar-refractivity contribution < 1.29 is 32.7 Å². The molecule has 2 aromatic carbocycles. The van der Waals surface area contributed by atoms with Crippen LogP contribution < -0.4 is 5.32 Å². The third kappa shape index (κ3) is 5.76. The fourth-order valence-electron chi connectivity index (χ4n) is 5.10. The summed E-state index contributed by atoms with van der Waals surface area (Å²) in [7, 11) is -5.75. The molecule has 0 saturated carbocycles. The van der Waals surface area contributed by atoms with Gasteiger partial charge in [-0.1, -0.05) is 57.2 Å². The van der Waals surface area contributed by atoms with E-state index in [1.807, 2.05) is 56.5 Å². The highest BCUT2D eigenvalue weighted by molar-refractivity contribution is 7.52. The van der Waals surface area contributed by atoms with Crippen LogP contribution in [-0.4, -0.2) is 49.1 Å². The van der Waals surface area contributed by atoms with Gasteiger partial charge in [-0.2, -0.15) is 8.78 Å². The lowest BCUT2D eigenvalue weighted by molar-refractivity contribution is -0.136. The van der Waals surface area contributed by atoms with Gasteiger partial charge in [0.25, 0.3) is 5.91 Å². The number of carbonyl (C=O) groups is 2. The third-order valence-corrected chi connectivity index (χ3v) is 9.32. The highest BCUT2D eigenvalue weighted by Crippen LogP contribution is 2.59. The molecule has 13 heteroatoms. The molecule has 2 aromatic heterocycles. The summed E-state index contributed by atoms with van der Waals surface area (Å²) in [6.45, 7) is 6.06. The summed E-state index contributed by atoms with van der Waals surface area (Å²) < 4.78 is 39.8. The Morgan fingerprint density at radius 1 is 1.14 bits per heavy atom. The normalized spacial score (nSPS) is 17.0. The summed E-state index contributed by atoms with van der Waals surface area (Å²) >= 11 is 1.50. The van der Waals surface area contributed by atoms with Crippen LogP contribution in [0.15, 0.2) is 60.0 Å². The molecular weight excluding hydrogens is 585 g/mol. The van der Waals surface area contributed by atoms with Crippen molar-refractivity contribution in [2.75, 3.05) is 6.54 Å². The lowest BCUT2D eigenvalue weighted by Crippen LogP contribution is -2.54. The van der Waals surface area contributed by atoms with Crippen molar-refractivity contribution in [3.8, 4) is 11.3 Å². The molecule has 222 valence electrons. The highest BCUT2D eigenvalue weighted by atomic mass is 32.1. The summed E-state index contributed by atoms with van der Waals surface area (Å²) in [5.41, 5.74) is -3.73. The number of aromatic amines is 1.